The van der Waals surface area contributed by atoms with Crippen LogP contribution in [0.5, 0.6) is 5.75 Å². The highest BCUT2D eigenvalue weighted by Crippen LogP contribution is 2.39. The molecule has 1 saturated heterocycles. The van der Waals surface area contributed by atoms with Crippen LogP contribution in [0.4, 0.5) is 0 Å². The molecule has 0 amide bonds. The number of aliphatic hydroxyl groups is 3. The van der Waals surface area contributed by atoms with Gasteiger partial charge in [-0.05, 0) is 12.1 Å². The summed E-state index contributed by atoms with van der Waals surface area (Å²) in [6, 6.07) is 7.79. The molecule has 0 aliphatic carbocycles. The highest BCUT2D eigenvalue weighted by molar-refractivity contribution is 5.75. The van der Waals surface area contributed by atoms with Crippen LogP contribution in [0.1, 0.15) is 0 Å². The van der Waals surface area contributed by atoms with Crippen LogP contribution in [0, 0.1) is 10.1 Å². The van der Waals surface area contributed by atoms with Crippen molar-refractivity contribution in [3.05, 3.63) is 52.7 Å². The molecule has 0 aromatic heterocycles. The van der Waals surface area contributed by atoms with Gasteiger partial charge in [-0.3, -0.25) is 10.1 Å². The van der Waals surface area contributed by atoms with Gasteiger partial charge < -0.3 is 34.6 Å². The molecule has 11 nitrogen and oxygen atoms in total. The van der Waals surface area contributed by atoms with Crippen molar-refractivity contribution in [2.45, 2.75) is 29.9 Å². The second-order valence-electron chi connectivity index (χ2n) is 5.46. The molecule has 0 bridgehead atoms. The highest BCUT2D eigenvalue weighted by Gasteiger charge is 2.66. The van der Waals surface area contributed by atoms with E-state index in [0.29, 0.717) is 6.08 Å². The molecule has 1 heterocycles. The minimum atomic E-state index is -2.87. The Balaban J connectivity index is 2.45. The molecule has 1 aromatic rings. The van der Waals surface area contributed by atoms with E-state index in [1.54, 1.807) is 18.2 Å². The number of rotatable bonds is 6. The zero-order valence-electron chi connectivity index (χ0n) is 13.5. The fraction of sp³-hybridized carbons (Fsp3) is 0.400. The number of carboxylic acids is 1. The van der Waals surface area contributed by atoms with Crippen LogP contribution in [0.25, 0.3) is 0 Å². The minimum absolute atomic E-state index is 0.149. The van der Waals surface area contributed by atoms with Crippen molar-refractivity contribution < 1.29 is 44.4 Å². The Morgan fingerprint density at radius 3 is 2.46 bits per heavy atom. The Labute approximate surface area is 146 Å². The smallest absolute Gasteiger partial charge is 0.336 e. The standard InChI is InChI=1S/C15H17NO10/c1-24-15(21)12(19)14(20,7-8-16(22)23)10(11(17)18)26-13(15)25-9-5-3-2-4-6-9/h2-8,10,12-13,19-21H,1H3,(H,17,18)/t10-,12+,13?,14-,15+/m1/s1. The number of nitro groups is 1. The van der Waals surface area contributed by atoms with E-state index in [0.717, 1.165) is 7.11 Å². The van der Waals surface area contributed by atoms with Gasteiger partial charge in [0.2, 0.25) is 6.20 Å². The monoisotopic (exact) mass is 371 g/mol. The molecule has 2 rings (SSSR count). The minimum Gasteiger partial charge on any atom is -0.479 e. The molecule has 0 radical (unpaired) electrons. The molecule has 11 heteroatoms. The first-order valence-electron chi connectivity index (χ1n) is 7.26. The third-order valence-electron chi connectivity index (χ3n) is 3.85. The average Bonchev–Trinajstić information content (AvgIpc) is 2.61. The molecule has 1 aromatic carbocycles. The summed E-state index contributed by atoms with van der Waals surface area (Å²) in [5, 5.41) is 51.4. The Kier molecular flexibility index (Phi) is 5.59. The van der Waals surface area contributed by atoms with Crippen LogP contribution in [0.15, 0.2) is 42.6 Å². The molecular weight excluding hydrogens is 354 g/mol. The predicted molar refractivity (Wildman–Crippen MR) is 82.4 cm³/mol. The van der Waals surface area contributed by atoms with Gasteiger partial charge in [-0.25, -0.2) is 4.79 Å². The second-order valence-corrected chi connectivity index (χ2v) is 5.46. The zero-order chi connectivity index (χ0) is 19.5. The fourth-order valence-corrected chi connectivity index (χ4v) is 2.49. The lowest BCUT2D eigenvalue weighted by atomic mass is 9.82. The summed E-state index contributed by atoms with van der Waals surface area (Å²) in [5.41, 5.74) is -2.87. The highest BCUT2D eigenvalue weighted by atomic mass is 16.8. The van der Waals surface area contributed by atoms with Crippen LogP contribution < -0.4 is 4.74 Å². The van der Waals surface area contributed by atoms with Crippen molar-refractivity contribution >= 4 is 5.97 Å². The molecule has 0 spiro atoms. The first-order chi connectivity index (χ1) is 12.1. The van der Waals surface area contributed by atoms with Gasteiger partial charge in [0, 0.05) is 13.2 Å². The maximum Gasteiger partial charge on any atom is 0.336 e. The first-order valence-corrected chi connectivity index (χ1v) is 7.26. The Morgan fingerprint density at radius 1 is 1.35 bits per heavy atom. The topological polar surface area (TPSA) is 169 Å². The lowest BCUT2D eigenvalue weighted by Gasteiger charge is -2.49. The van der Waals surface area contributed by atoms with Crippen LogP contribution in [-0.4, -0.2) is 68.3 Å². The molecule has 1 unspecified atom stereocenters. The van der Waals surface area contributed by atoms with Crippen molar-refractivity contribution in [2.75, 3.05) is 7.11 Å². The van der Waals surface area contributed by atoms with Gasteiger partial charge in [-0.1, -0.05) is 18.2 Å². The largest absolute Gasteiger partial charge is 0.479 e. The molecular formula is C15H17NO10. The van der Waals surface area contributed by atoms with Gasteiger partial charge in [0.15, 0.2) is 11.7 Å². The Bertz CT molecular complexity index is 695. The van der Waals surface area contributed by atoms with E-state index in [1.165, 1.54) is 12.1 Å². The predicted octanol–water partition coefficient (Wildman–Crippen LogP) is -0.908. The van der Waals surface area contributed by atoms with Gasteiger partial charge in [0.25, 0.3) is 12.1 Å². The number of aliphatic hydroxyl groups excluding tert-OH is 1. The molecule has 26 heavy (non-hydrogen) atoms. The maximum atomic E-state index is 11.5. The van der Waals surface area contributed by atoms with Gasteiger partial charge in [-0.2, -0.15) is 0 Å². The SMILES string of the molecule is CO[C@]1(O)C(Oc2ccccc2)O[C@H](C(=O)O)[C@](O)(C=C[N+](=O)[O-])[C@@H]1O. The third kappa shape index (κ3) is 3.52. The Hall–Kier alpha value is -2.57. The lowest BCUT2D eigenvalue weighted by Crippen LogP contribution is -2.74. The first kappa shape index (κ1) is 19.8. The normalized spacial score (nSPS) is 34.5. The number of benzene rings is 1. The molecule has 1 fully saturated rings. The van der Waals surface area contributed by atoms with E-state index in [2.05, 4.69) is 0 Å². The molecule has 1 aliphatic rings. The van der Waals surface area contributed by atoms with Crippen LogP contribution in [-0.2, 0) is 14.3 Å². The lowest BCUT2D eigenvalue weighted by molar-refractivity contribution is -0.413. The van der Waals surface area contributed by atoms with Crippen LogP contribution >= 0.6 is 0 Å². The summed E-state index contributed by atoms with van der Waals surface area (Å²) in [5.74, 6) is -4.34. The number of hydrogen-bond acceptors (Lipinski definition) is 9. The number of hydrogen-bond donors (Lipinski definition) is 4. The summed E-state index contributed by atoms with van der Waals surface area (Å²) in [6.45, 7) is 0. The zero-order valence-corrected chi connectivity index (χ0v) is 13.5. The van der Waals surface area contributed by atoms with E-state index < -0.39 is 40.8 Å². The summed E-state index contributed by atoms with van der Waals surface area (Å²) >= 11 is 0. The van der Waals surface area contributed by atoms with E-state index >= 15 is 0 Å². The van der Waals surface area contributed by atoms with Gasteiger partial charge in [-0.15, -0.1) is 0 Å². The van der Waals surface area contributed by atoms with Crippen molar-refractivity contribution in [1.29, 1.82) is 0 Å². The van der Waals surface area contributed by atoms with Crippen LogP contribution in [0.3, 0.4) is 0 Å². The fourth-order valence-electron chi connectivity index (χ4n) is 2.49. The molecule has 142 valence electrons. The van der Waals surface area contributed by atoms with Crippen molar-refractivity contribution in [3.63, 3.8) is 0 Å². The molecule has 1 aliphatic heterocycles. The summed E-state index contributed by atoms with van der Waals surface area (Å²) in [7, 11) is 0.951. The molecule has 5 atom stereocenters. The number of aliphatic carboxylic acids is 1. The van der Waals surface area contributed by atoms with Crippen molar-refractivity contribution in [3.8, 4) is 5.75 Å². The van der Waals surface area contributed by atoms with Crippen molar-refractivity contribution in [2.24, 2.45) is 0 Å². The van der Waals surface area contributed by atoms with Gasteiger partial charge >= 0.3 is 5.97 Å². The summed E-state index contributed by atoms with van der Waals surface area (Å²) < 4.78 is 15.2. The number of para-hydroxylation sites is 1. The Morgan fingerprint density at radius 2 is 1.96 bits per heavy atom. The molecule has 4 N–H and O–H groups in total. The van der Waals surface area contributed by atoms with Gasteiger partial charge in [0.1, 0.15) is 11.9 Å². The quantitative estimate of drug-likeness (QED) is 0.279. The van der Waals surface area contributed by atoms with Crippen LogP contribution in [0.2, 0.25) is 0 Å². The number of ether oxygens (including phenoxy) is 3. The van der Waals surface area contributed by atoms with Crippen molar-refractivity contribution in [1.82, 2.24) is 0 Å². The van der Waals surface area contributed by atoms with E-state index in [9.17, 15) is 35.3 Å². The van der Waals surface area contributed by atoms with E-state index in [1.807, 2.05) is 0 Å². The number of carbonyl (C=O) groups is 1. The summed E-state index contributed by atoms with van der Waals surface area (Å²) in [4.78, 5) is 21.0. The van der Waals surface area contributed by atoms with E-state index in [4.69, 9.17) is 14.2 Å². The second kappa shape index (κ2) is 7.35. The third-order valence-corrected chi connectivity index (χ3v) is 3.85. The van der Waals surface area contributed by atoms with Gasteiger partial charge in [0.05, 0.1) is 4.92 Å². The number of methoxy groups -OCH3 is 1. The number of carboxylic acid groups (broad SMARTS) is 1. The molecule has 0 saturated carbocycles. The average molecular weight is 371 g/mol. The summed E-state index contributed by atoms with van der Waals surface area (Å²) in [6.07, 6.45) is -5.80. The number of nitrogens with zero attached hydrogens (tertiary/aromatic N) is 1. The maximum absolute atomic E-state index is 11.5. The van der Waals surface area contributed by atoms with E-state index in [-0.39, 0.29) is 11.9 Å².